The lowest BCUT2D eigenvalue weighted by atomic mass is 9.73. The van der Waals surface area contributed by atoms with E-state index in [9.17, 15) is 0 Å². The minimum Gasteiger partial charge on any atom is -0.381 e. The van der Waals surface area contributed by atoms with Gasteiger partial charge in [0.25, 0.3) is 0 Å². The Kier molecular flexibility index (Phi) is 9.17. The Morgan fingerprint density at radius 2 is 1.16 bits per heavy atom. The number of para-hydroxylation sites is 2. The van der Waals surface area contributed by atoms with Crippen LogP contribution in [-0.2, 0) is 18.3 Å². The third kappa shape index (κ3) is 6.21. The zero-order valence-electron chi connectivity index (χ0n) is 33.3. The molecule has 3 aliphatic heterocycles. The predicted molar refractivity (Wildman–Crippen MR) is 245 cm³/mol. The molecule has 1 aliphatic carbocycles. The number of hydrogen-bond donors (Lipinski definition) is 1. The summed E-state index contributed by atoms with van der Waals surface area (Å²) in [5.74, 6) is 0. The summed E-state index contributed by atoms with van der Waals surface area (Å²) in [6.07, 6.45) is 20.6. The average Bonchev–Trinajstić information content (AvgIpc) is 3.56. The van der Waals surface area contributed by atoms with Gasteiger partial charge in [0.2, 0.25) is 0 Å². The highest BCUT2D eigenvalue weighted by Gasteiger charge is 2.43. The largest absolute Gasteiger partial charge is 0.381 e. The minimum atomic E-state index is -0.0479. The van der Waals surface area contributed by atoms with Crippen LogP contribution in [0.5, 0.6) is 0 Å². The van der Waals surface area contributed by atoms with E-state index in [4.69, 9.17) is 0 Å². The number of anilines is 5. The molecule has 6 aromatic carbocycles. The molecular formula is C54H51N3. The highest BCUT2D eigenvalue weighted by molar-refractivity contribution is 5.98. The number of nitrogens with one attached hydrogen (secondary N) is 1. The molecule has 10 rings (SSSR count). The van der Waals surface area contributed by atoms with Gasteiger partial charge in [0.05, 0.1) is 5.69 Å². The summed E-state index contributed by atoms with van der Waals surface area (Å²) in [6, 6.07) is 45.6. The van der Waals surface area contributed by atoms with Gasteiger partial charge in [-0.05, 0) is 131 Å². The van der Waals surface area contributed by atoms with E-state index in [0.29, 0.717) is 0 Å². The van der Waals surface area contributed by atoms with E-state index in [1.54, 1.807) is 0 Å². The summed E-state index contributed by atoms with van der Waals surface area (Å²) >= 11 is 0. The lowest BCUT2D eigenvalue weighted by Crippen LogP contribution is -2.24. The maximum absolute atomic E-state index is 3.83. The summed E-state index contributed by atoms with van der Waals surface area (Å²) in [4.78, 5) is 4.94. The molecule has 0 radical (unpaired) electrons. The summed E-state index contributed by atoms with van der Waals surface area (Å²) in [5.41, 5.74) is 21.3. The first-order valence-corrected chi connectivity index (χ1v) is 21.2. The first-order valence-electron chi connectivity index (χ1n) is 21.2. The van der Waals surface area contributed by atoms with Gasteiger partial charge >= 0.3 is 0 Å². The molecule has 1 N–H and O–H groups in total. The Hall–Kier alpha value is -6.06. The van der Waals surface area contributed by atoms with Gasteiger partial charge in [-0.15, -0.1) is 0 Å². The van der Waals surface area contributed by atoms with Gasteiger partial charge in [-0.1, -0.05) is 129 Å². The van der Waals surface area contributed by atoms with Crippen molar-refractivity contribution in [3.05, 3.63) is 177 Å². The predicted octanol–water partition coefficient (Wildman–Crippen LogP) is 13.7. The van der Waals surface area contributed by atoms with Gasteiger partial charge in [-0.3, -0.25) is 0 Å². The quantitative estimate of drug-likeness (QED) is 0.157. The van der Waals surface area contributed by atoms with E-state index in [1.165, 1.54) is 102 Å². The fraction of sp³-hybridized carbons (Fsp3) is 0.222. The second-order valence-electron chi connectivity index (χ2n) is 16.2. The topological polar surface area (TPSA) is 18.5 Å². The van der Waals surface area contributed by atoms with Gasteiger partial charge in [-0.2, -0.15) is 0 Å². The molecule has 6 aromatic rings. The van der Waals surface area contributed by atoms with Gasteiger partial charge < -0.3 is 15.1 Å². The first-order chi connectivity index (χ1) is 28.1. The van der Waals surface area contributed by atoms with Crippen molar-refractivity contribution in [1.29, 1.82) is 0 Å². The van der Waals surface area contributed by atoms with Crippen molar-refractivity contribution in [2.24, 2.45) is 0 Å². The summed E-state index contributed by atoms with van der Waals surface area (Å²) in [6.45, 7) is 7.72. The van der Waals surface area contributed by atoms with Crippen LogP contribution >= 0.6 is 0 Å². The zero-order valence-corrected chi connectivity index (χ0v) is 33.3. The lowest BCUT2D eigenvalue weighted by molar-refractivity contribution is 0.490. The summed E-state index contributed by atoms with van der Waals surface area (Å²) in [5, 5.41) is 3.83. The highest BCUT2D eigenvalue weighted by atomic mass is 15.1. The van der Waals surface area contributed by atoms with Crippen LogP contribution in [0.25, 0.3) is 41.5 Å². The van der Waals surface area contributed by atoms with Crippen molar-refractivity contribution in [3.63, 3.8) is 0 Å². The molecule has 0 unspecified atom stereocenters. The van der Waals surface area contributed by atoms with Gasteiger partial charge in [0, 0.05) is 58.9 Å². The average molecular weight is 742 g/mol. The maximum Gasteiger partial charge on any atom is 0.0505 e. The molecule has 3 heterocycles. The molecule has 3 heteroatoms. The molecule has 0 bridgehead atoms. The number of rotatable bonds is 8. The van der Waals surface area contributed by atoms with Gasteiger partial charge in [0.15, 0.2) is 0 Å². The van der Waals surface area contributed by atoms with Crippen molar-refractivity contribution in [3.8, 4) is 11.1 Å². The number of fused-ring (bicyclic) bond motifs is 7. The fourth-order valence-corrected chi connectivity index (χ4v) is 10.2. The van der Waals surface area contributed by atoms with Crippen molar-refractivity contribution in [2.75, 3.05) is 34.8 Å². The van der Waals surface area contributed by atoms with Crippen LogP contribution in [-0.4, -0.2) is 19.6 Å². The Labute approximate surface area is 338 Å². The van der Waals surface area contributed by atoms with Crippen LogP contribution in [0.2, 0.25) is 0 Å². The van der Waals surface area contributed by atoms with E-state index in [1.807, 2.05) is 0 Å². The number of hydrogen-bond acceptors (Lipinski definition) is 3. The third-order valence-electron chi connectivity index (χ3n) is 13.2. The monoisotopic (exact) mass is 741 g/mol. The molecule has 57 heavy (non-hydrogen) atoms. The molecule has 282 valence electrons. The van der Waals surface area contributed by atoms with Crippen LogP contribution in [0, 0.1) is 0 Å². The molecule has 0 saturated carbocycles. The van der Waals surface area contributed by atoms with E-state index in [-0.39, 0.29) is 5.41 Å². The van der Waals surface area contributed by atoms with E-state index >= 15 is 0 Å². The van der Waals surface area contributed by atoms with Crippen LogP contribution in [0.4, 0.5) is 28.4 Å². The first kappa shape index (κ1) is 35.4. The van der Waals surface area contributed by atoms with Crippen molar-refractivity contribution in [1.82, 2.24) is 0 Å². The number of nitrogens with zero attached hydrogens (tertiary/aromatic N) is 2. The fourth-order valence-electron chi connectivity index (χ4n) is 10.2. The minimum absolute atomic E-state index is 0.0479. The standard InChI is InChI=1S/C54H51N3/c1-3-54(4-2)48-36-40(20-19-38-22-28-44(29-23-38)56-34-10-14-41-12-5-7-17-50(41)56)26-32-47(48)52-49(54)37-43(46-16-9-33-55-53(46)52)27-21-39-24-30-45(31-25-39)57-35-11-15-42-13-6-8-18-51(42)57/h5-9,12-13,16-32,36-37,55H,3-4,10-11,14-15,33-35H2,1-2H3/b20-19+,27-21+. The van der Waals surface area contributed by atoms with E-state index < -0.39 is 0 Å². The van der Waals surface area contributed by atoms with Gasteiger partial charge in [0.1, 0.15) is 0 Å². The third-order valence-corrected chi connectivity index (χ3v) is 13.2. The van der Waals surface area contributed by atoms with Crippen molar-refractivity contribution in [2.45, 2.75) is 57.8 Å². The second-order valence-corrected chi connectivity index (χ2v) is 16.2. The molecule has 0 atom stereocenters. The van der Waals surface area contributed by atoms with E-state index in [2.05, 4.69) is 187 Å². The number of benzene rings is 6. The maximum atomic E-state index is 3.83. The van der Waals surface area contributed by atoms with Crippen LogP contribution in [0.15, 0.2) is 127 Å². The normalized spacial score (nSPS) is 16.2. The van der Waals surface area contributed by atoms with Crippen LogP contribution in [0.3, 0.4) is 0 Å². The second kappa shape index (κ2) is 14.8. The zero-order chi connectivity index (χ0) is 38.3. The summed E-state index contributed by atoms with van der Waals surface area (Å²) in [7, 11) is 0. The Morgan fingerprint density at radius 1 is 0.596 bits per heavy atom. The Balaban J connectivity index is 0.938. The molecule has 0 spiro atoms. The molecule has 0 amide bonds. The molecule has 4 aliphatic rings. The highest BCUT2D eigenvalue weighted by Crippen LogP contribution is 2.57. The molecule has 0 aromatic heterocycles. The molecule has 3 nitrogen and oxygen atoms in total. The number of aryl methyl sites for hydroxylation is 2. The van der Waals surface area contributed by atoms with E-state index in [0.717, 1.165) is 45.3 Å². The van der Waals surface area contributed by atoms with Crippen molar-refractivity contribution >= 4 is 58.8 Å². The van der Waals surface area contributed by atoms with Crippen LogP contribution in [0.1, 0.15) is 89.6 Å². The van der Waals surface area contributed by atoms with Gasteiger partial charge in [-0.25, -0.2) is 0 Å². The SMILES string of the molecule is CCC1(CC)c2cc(/C=C/c3ccc(N4CCCc5ccccc54)cc3)ccc2-c2c1cc(/C=C/c1ccc(N3CCCc4ccccc43)cc1)c1c2NCC=C1. The smallest absolute Gasteiger partial charge is 0.0505 e. The Bertz CT molecular complexity index is 2550. The van der Waals surface area contributed by atoms with Crippen molar-refractivity contribution < 1.29 is 0 Å². The Morgan fingerprint density at radius 3 is 1.77 bits per heavy atom. The molecular weight excluding hydrogens is 691 g/mol. The molecule has 0 saturated heterocycles. The summed E-state index contributed by atoms with van der Waals surface area (Å²) < 4.78 is 0. The molecule has 0 fully saturated rings. The van der Waals surface area contributed by atoms with Crippen LogP contribution < -0.4 is 15.1 Å². The lowest BCUT2D eigenvalue weighted by Gasteiger charge is -2.31.